The number of carbonyl (C=O) groups is 2. The zero-order chi connectivity index (χ0) is 17.0. The standard InChI is InChI=1S/C16H18ClN3O2S/c1-4-20(15(22)12-6-5-7-13(17)8-12)9-14(21)19-16-18-10(2)11(3)23-16/h5-8H,4,9H2,1-3H3,(H,18,19,21). The van der Waals surface area contributed by atoms with E-state index in [0.717, 1.165) is 10.6 Å². The van der Waals surface area contributed by atoms with Gasteiger partial charge in [-0.15, -0.1) is 11.3 Å². The van der Waals surface area contributed by atoms with Gasteiger partial charge in [0.2, 0.25) is 5.91 Å². The predicted octanol–water partition coefficient (Wildman–Crippen LogP) is 3.51. The predicted molar refractivity (Wildman–Crippen MR) is 93.2 cm³/mol. The minimum Gasteiger partial charge on any atom is -0.330 e. The molecule has 0 saturated heterocycles. The van der Waals surface area contributed by atoms with E-state index in [1.807, 2.05) is 20.8 Å². The summed E-state index contributed by atoms with van der Waals surface area (Å²) in [6.07, 6.45) is 0. The Hall–Kier alpha value is -1.92. The minimum atomic E-state index is -0.268. The van der Waals surface area contributed by atoms with Crippen LogP contribution in [0, 0.1) is 13.8 Å². The fraction of sp³-hybridized carbons (Fsp3) is 0.312. The lowest BCUT2D eigenvalue weighted by molar-refractivity contribution is -0.116. The van der Waals surface area contributed by atoms with Crippen LogP contribution in [0.2, 0.25) is 5.02 Å². The molecule has 1 aromatic carbocycles. The molecule has 0 aliphatic heterocycles. The fourth-order valence-corrected chi connectivity index (χ4v) is 3.01. The van der Waals surface area contributed by atoms with Gasteiger partial charge < -0.3 is 10.2 Å². The first kappa shape index (κ1) is 17.4. The average molecular weight is 352 g/mol. The second-order valence-electron chi connectivity index (χ2n) is 5.04. The first-order valence-electron chi connectivity index (χ1n) is 7.19. The third-order valence-corrected chi connectivity index (χ3v) is 4.57. The number of nitrogens with one attached hydrogen (secondary N) is 1. The van der Waals surface area contributed by atoms with Crippen LogP contribution in [0.4, 0.5) is 5.13 Å². The van der Waals surface area contributed by atoms with E-state index in [1.165, 1.54) is 16.2 Å². The van der Waals surface area contributed by atoms with Gasteiger partial charge in [0.25, 0.3) is 5.91 Å². The second-order valence-corrected chi connectivity index (χ2v) is 6.68. The van der Waals surface area contributed by atoms with E-state index in [-0.39, 0.29) is 18.4 Å². The molecule has 0 bridgehead atoms. The number of hydrogen-bond donors (Lipinski definition) is 1. The van der Waals surface area contributed by atoms with E-state index in [0.29, 0.717) is 22.3 Å². The number of halogens is 1. The number of rotatable bonds is 5. The summed E-state index contributed by atoms with van der Waals surface area (Å²) >= 11 is 7.33. The van der Waals surface area contributed by atoms with Gasteiger partial charge in [0.15, 0.2) is 5.13 Å². The Labute approximate surface area is 144 Å². The molecule has 23 heavy (non-hydrogen) atoms. The monoisotopic (exact) mass is 351 g/mol. The molecule has 0 aliphatic rings. The van der Waals surface area contributed by atoms with Crippen molar-refractivity contribution >= 4 is 39.9 Å². The van der Waals surface area contributed by atoms with E-state index in [1.54, 1.807) is 24.3 Å². The molecule has 7 heteroatoms. The maximum atomic E-state index is 12.4. The van der Waals surface area contributed by atoms with E-state index in [2.05, 4.69) is 10.3 Å². The molecule has 122 valence electrons. The highest BCUT2D eigenvalue weighted by molar-refractivity contribution is 7.15. The molecule has 0 fully saturated rings. The van der Waals surface area contributed by atoms with Crippen molar-refractivity contribution in [3.8, 4) is 0 Å². The van der Waals surface area contributed by atoms with Crippen LogP contribution < -0.4 is 5.32 Å². The highest BCUT2D eigenvalue weighted by Crippen LogP contribution is 2.21. The van der Waals surface area contributed by atoms with Gasteiger partial charge in [0, 0.05) is 22.0 Å². The van der Waals surface area contributed by atoms with Gasteiger partial charge in [-0.3, -0.25) is 9.59 Å². The molecule has 1 heterocycles. The number of amides is 2. The molecule has 2 amide bonds. The smallest absolute Gasteiger partial charge is 0.254 e. The molecule has 5 nitrogen and oxygen atoms in total. The molecule has 2 rings (SSSR count). The zero-order valence-corrected chi connectivity index (χ0v) is 14.8. The number of carbonyl (C=O) groups excluding carboxylic acids is 2. The summed E-state index contributed by atoms with van der Waals surface area (Å²) in [7, 11) is 0. The van der Waals surface area contributed by atoms with Crippen molar-refractivity contribution in [3.63, 3.8) is 0 Å². The number of anilines is 1. The van der Waals surface area contributed by atoms with Gasteiger partial charge in [-0.2, -0.15) is 0 Å². The van der Waals surface area contributed by atoms with Gasteiger partial charge in [-0.25, -0.2) is 4.98 Å². The Morgan fingerprint density at radius 3 is 2.65 bits per heavy atom. The summed E-state index contributed by atoms with van der Waals surface area (Å²) in [6.45, 7) is 6.06. The Morgan fingerprint density at radius 2 is 2.09 bits per heavy atom. The van der Waals surface area contributed by atoms with Crippen LogP contribution in [0.1, 0.15) is 27.9 Å². The number of hydrogen-bond acceptors (Lipinski definition) is 4. The molecule has 2 aromatic rings. The topological polar surface area (TPSA) is 62.3 Å². The van der Waals surface area contributed by atoms with Crippen LogP contribution >= 0.6 is 22.9 Å². The van der Waals surface area contributed by atoms with E-state index in [9.17, 15) is 9.59 Å². The lowest BCUT2D eigenvalue weighted by Crippen LogP contribution is -2.37. The summed E-state index contributed by atoms with van der Waals surface area (Å²) in [4.78, 5) is 31.4. The molecule has 0 radical (unpaired) electrons. The number of benzene rings is 1. The van der Waals surface area contributed by atoms with Crippen molar-refractivity contribution in [1.82, 2.24) is 9.88 Å². The Morgan fingerprint density at radius 1 is 1.35 bits per heavy atom. The van der Waals surface area contributed by atoms with Gasteiger partial charge in [-0.1, -0.05) is 17.7 Å². The van der Waals surface area contributed by atoms with Crippen LogP contribution in [0.3, 0.4) is 0 Å². The summed E-state index contributed by atoms with van der Waals surface area (Å²) in [5, 5.41) is 3.78. The maximum Gasteiger partial charge on any atom is 0.254 e. The van der Waals surface area contributed by atoms with Crippen molar-refractivity contribution in [3.05, 3.63) is 45.4 Å². The summed E-state index contributed by atoms with van der Waals surface area (Å²) in [6, 6.07) is 6.69. The lowest BCUT2D eigenvalue weighted by atomic mass is 10.2. The third-order valence-electron chi connectivity index (χ3n) is 3.35. The van der Waals surface area contributed by atoms with Crippen molar-refractivity contribution in [1.29, 1.82) is 0 Å². The van der Waals surface area contributed by atoms with Crippen molar-refractivity contribution in [2.45, 2.75) is 20.8 Å². The highest BCUT2D eigenvalue weighted by Gasteiger charge is 2.18. The Balaban J connectivity index is 2.03. The molecule has 1 aromatic heterocycles. The first-order valence-corrected chi connectivity index (χ1v) is 8.39. The third kappa shape index (κ3) is 4.53. The maximum absolute atomic E-state index is 12.4. The molecule has 0 atom stereocenters. The molecular formula is C16H18ClN3O2S. The minimum absolute atomic E-state index is 0.0283. The van der Waals surface area contributed by atoms with Gasteiger partial charge >= 0.3 is 0 Å². The van der Waals surface area contributed by atoms with Crippen LogP contribution in [0.25, 0.3) is 0 Å². The normalized spacial score (nSPS) is 10.4. The van der Waals surface area contributed by atoms with Crippen LogP contribution in [0.15, 0.2) is 24.3 Å². The van der Waals surface area contributed by atoms with Crippen molar-refractivity contribution in [2.24, 2.45) is 0 Å². The molecule has 0 aliphatic carbocycles. The highest BCUT2D eigenvalue weighted by atomic mass is 35.5. The SMILES string of the molecule is CCN(CC(=O)Nc1nc(C)c(C)s1)C(=O)c1cccc(Cl)c1. The summed E-state index contributed by atoms with van der Waals surface area (Å²) in [5.41, 5.74) is 1.36. The Bertz CT molecular complexity index is 710. The van der Waals surface area contributed by atoms with Gasteiger partial charge in [0.05, 0.1) is 5.69 Å². The molecule has 0 saturated carbocycles. The average Bonchev–Trinajstić information content (AvgIpc) is 2.82. The number of thiazole rings is 1. The quantitative estimate of drug-likeness (QED) is 0.896. The number of nitrogens with zero attached hydrogens (tertiary/aromatic N) is 2. The van der Waals surface area contributed by atoms with Crippen LogP contribution in [-0.4, -0.2) is 34.8 Å². The van der Waals surface area contributed by atoms with Gasteiger partial charge in [-0.05, 0) is 39.0 Å². The van der Waals surface area contributed by atoms with Crippen LogP contribution in [0.5, 0.6) is 0 Å². The molecular weight excluding hydrogens is 334 g/mol. The van der Waals surface area contributed by atoms with Gasteiger partial charge in [0.1, 0.15) is 6.54 Å². The Kier molecular flexibility index (Phi) is 5.74. The lowest BCUT2D eigenvalue weighted by Gasteiger charge is -2.20. The largest absolute Gasteiger partial charge is 0.330 e. The first-order chi connectivity index (χ1) is 10.9. The van der Waals surface area contributed by atoms with E-state index in [4.69, 9.17) is 11.6 Å². The fourth-order valence-electron chi connectivity index (χ4n) is 1.99. The summed E-state index contributed by atoms with van der Waals surface area (Å²) < 4.78 is 0. The molecule has 1 N–H and O–H groups in total. The summed E-state index contributed by atoms with van der Waals surface area (Å²) in [5.74, 6) is -0.493. The number of likely N-dealkylation sites (N-methyl/N-ethyl adjacent to an activating group) is 1. The van der Waals surface area contributed by atoms with E-state index >= 15 is 0 Å². The second kappa shape index (κ2) is 7.57. The van der Waals surface area contributed by atoms with Crippen molar-refractivity contribution < 1.29 is 9.59 Å². The number of aromatic nitrogens is 1. The molecule has 0 spiro atoms. The van der Waals surface area contributed by atoms with Crippen molar-refractivity contribution in [2.75, 3.05) is 18.4 Å². The zero-order valence-electron chi connectivity index (χ0n) is 13.2. The van der Waals surface area contributed by atoms with Crippen LogP contribution in [-0.2, 0) is 4.79 Å². The molecule has 0 unspecified atom stereocenters. The van der Waals surface area contributed by atoms with E-state index < -0.39 is 0 Å². The number of aryl methyl sites for hydroxylation is 2.